The number of nitrogens with zero attached hydrogens (tertiary/aromatic N) is 3. The molecule has 6 nitrogen and oxygen atoms in total. The summed E-state index contributed by atoms with van der Waals surface area (Å²) in [7, 11) is 3.63. The molecule has 1 aliphatic heterocycles. The number of aromatic nitrogens is 1. The molecule has 0 saturated heterocycles. The molecule has 0 fully saturated rings. The van der Waals surface area contributed by atoms with E-state index in [1.165, 1.54) is 17.0 Å². The van der Waals surface area contributed by atoms with Crippen molar-refractivity contribution >= 4 is 28.2 Å². The Morgan fingerprint density at radius 3 is 2.95 bits per heavy atom. The number of anilines is 2. The molecule has 0 aliphatic carbocycles. The second-order valence-electron chi connectivity index (χ2n) is 5.09. The fourth-order valence-corrected chi connectivity index (χ4v) is 3.07. The molecule has 0 radical (unpaired) electrons. The molecule has 2 amide bonds. The third-order valence-electron chi connectivity index (χ3n) is 3.66. The Kier molecular flexibility index (Phi) is 4.15. The first-order valence-corrected chi connectivity index (χ1v) is 7.84. The van der Waals surface area contributed by atoms with E-state index in [0.717, 1.165) is 12.1 Å². The predicted molar refractivity (Wildman–Crippen MR) is 87.8 cm³/mol. The van der Waals surface area contributed by atoms with Gasteiger partial charge in [0.25, 0.3) is 0 Å². The van der Waals surface area contributed by atoms with Gasteiger partial charge in [0, 0.05) is 32.4 Å². The molecule has 2 aromatic rings. The molecular formula is C15H18N4O2S. The normalized spacial score (nSPS) is 14.3. The number of hydrogen-bond donors (Lipinski definition) is 1. The number of amides is 2. The smallest absolute Gasteiger partial charge is 0.324 e. The Bertz CT molecular complexity index is 673. The van der Waals surface area contributed by atoms with E-state index in [9.17, 15) is 4.79 Å². The number of benzene rings is 1. The van der Waals surface area contributed by atoms with Gasteiger partial charge in [-0.05, 0) is 11.6 Å². The molecular weight excluding hydrogens is 300 g/mol. The van der Waals surface area contributed by atoms with Crippen molar-refractivity contribution in [3.63, 3.8) is 0 Å². The van der Waals surface area contributed by atoms with Crippen molar-refractivity contribution < 1.29 is 9.53 Å². The summed E-state index contributed by atoms with van der Waals surface area (Å²) in [5.41, 5.74) is 2.32. The van der Waals surface area contributed by atoms with Crippen molar-refractivity contribution in [2.45, 2.75) is 6.54 Å². The maximum atomic E-state index is 12.5. The van der Waals surface area contributed by atoms with Crippen LogP contribution in [0.5, 0.6) is 5.06 Å². The summed E-state index contributed by atoms with van der Waals surface area (Å²) < 4.78 is 5.09. The topological polar surface area (TPSA) is 57.7 Å². The SMILES string of the molecule is COc1cnc(NC(=O)N2CCN(C)c3ccccc3C2)s1. The van der Waals surface area contributed by atoms with Crippen LogP contribution in [0.4, 0.5) is 15.6 Å². The highest BCUT2D eigenvalue weighted by Crippen LogP contribution is 2.27. The van der Waals surface area contributed by atoms with E-state index in [-0.39, 0.29) is 6.03 Å². The van der Waals surface area contributed by atoms with Crippen molar-refractivity contribution in [2.75, 3.05) is 37.5 Å². The standard InChI is InChI=1S/C15H18N4O2S/c1-18-7-8-19(10-11-5-3-4-6-12(11)18)15(20)17-14-16-9-13(21-2)22-14/h3-6,9H,7-8,10H2,1-2H3,(H,16,17,20). The van der Waals surface area contributed by atoms with Crippen molar-refractivity contribution in [3.05, 3.63) is 36.0 Å². The number of fused-ring (bicyclic) bond motifs is 1. The summed E-state index contributed by atoms with van der Waals surface area (Å²) >= 11 is 1.31. The first-order chi connectivity index (χ1) is 10.7. The van der Waals surface area contributed by atoms with E-state index in [4.69, 9.17) is 4.74 Å². The van der Waals surface area contributed by atoms with Crippen LogP contribution in [-0.2, 0) is 6.54 Å². The largest absolute Gasteiger partial charge is 0.486 e. The van der Waals surface area contributed by atoms with Crippen LogP contribution in [0.15, 0.2) is 30.5 Å². The first-order valence-electron chi connectivity index (χ1n) is 7.02. The summed E-state index contributed by atoms with van der Waals surface area (Å²) in [6, 6.07) is 8.03. The van der Waals surface area contributed by atoms with Crippen LogP contribution < -0.4 is 15.0 Å². The minimum Gasteiger partial charge on any atom is -0.486 e. The Balaban J connectivity index is 1.73. The second-order valence-corrected chi connectivity index (χ2v) is 6.08. The van der Waals surface area contributed by atoms with Gasteiger partial charge in [-0.15, -0.1) is 0 Å². The van der Waals surface area contributed by atoms with Gasteiger partial charge in [-0.25, -0.2) is 9.78 Å². The lowest BCUT2D eigenvalue weighted by atomic mass is 10.1. The number of ether oxygens (including phenoxy) is 1. The van der Waals surface area contributed by atoms with Crippen LogP contribution in [0.2, 0.25) is 0 Å². The molecule has 1 aromatic heterocycles. The van der Waals surface area contributed by atoms with E-state index in [0.29, 0.717) is 23.3 Å². The molecule has 0 saturated carbocycles. The number of nitrogens with one attached hydrogen (secondary N) is 1. The molecule has 0 unspecified atom stereocenters. The van der Waals surface area contributed by atoms with Crippen LogP contribution in [0.3, 0.4) is 0 Å². The zero-order valence-corrected chi connectivity index (χ0v) is 13.4. The number of carbonyl (C=O) groups is 1. The van der Waals surface area contributed by atoms with Crippen molar-refractivity contribution in [1.82, 2.24) is 9.88 Å². The molecule has 1 aliphatic rings. The highest BCUT2D eigenvalue weighted by molar-refractivity contribution is 7.17. The van der Waals surface area contributed by atoms with Gasteiger partial charge in [0.2, 0.25) is 0 Å². The number of rotatable bonds is 2. The summed E-state index contributed by atoms with van der Waals surface area (Å²) in [6.07, 6.45) is 1.60. The monoisotopic (exact) mass is 318 g/mol. The molecule has 2 heterocycles. The zero-order chi connectivity index (χ0) is 15.5. The predicted octanol–water partition coefficient (Wildman–Crippen LogP) is 2.64. The van der Waals surface area contributed by atoms with Gasteiger partial charge in [0.15, 0.2) is 10.2 Å². The van der Waals surface area contributed by atoms with Gasteiger partial charge < -0.3 is 14.5 Å². The minimum absolute atomic E-state index is 0.137. The Labute approximate surface area is 133 Å². The lowest BCUT2D eigenvalue weighted by Crippen LogP contribution is -2.37. The first kappa shape index (κ1) is 14.6. The van der Waals surface area contributed by atoms with Gasteiger partial charge in [0.1, 0.15) is 0 Å². The van der Waals surface area contributed by atoms with E-state index in [1.807, 2.05) is 19.2 Å². The highest BCUT2D eigenvalue weighted by Gasteiger charge is 2.21. The van der Waals surface area contributed by atoms with Crippen LogP contribution >= 0.6 is 11.3 Å². The molecule has 1 aromatic carbocycles. The molecule has 1 N–H and O–H groups in total. The maximum Gasteiger partial charge on any atom is 0.324 e. The third-order valence-corrected chi connectivity index (χ3v) is 4.53. The number of methoxy groups -OCH3 is 1. The Morgan fingerprint density at radius 2 is 2.18 bits per heavy atom. The molecule has 0 atom stereocenters. The lowest BCUT2D eigenvalue weighted by molar-refractivity contribution is 0.212. The second kappa shape index (κ2) is 6.23. The summed E-state index contributed by atoms with van der Waals surface area (Å²) in [6.45, 7) is 2.06. The Hall–Kier alpha value is -2.28. The lowest BCUT2D eigenvalue weighted by Gasteiger charge is -2.20. The minimum atomic E-state index is -0.137. The summed E-state index contributed by atoms with van der Waals surface area (Å²) in [5.74, 6) is 0. The van der Waals surface area contributed by atoms with Gasteiger partial charge >= 0.3 is 6.03 Å². The van der Waals surface area contributed by atoms with Crippen molar-refractivity contribution in [2.24, 2.45) is 0 Å². The highest BCUT2D eigenvalue weighted by atomic mass is 32.1. The van der Waals surface area contributed by atoms with Crippen LogP contribution in [0.1, 0.15) is 5.56 Å². The van der Waals surface area contributed by atoms with Gasteiger partial charge in [-0.3, -0.25) is 5.32 Å². The maximum absolute atomic E-state index is 12.5. The van der Waals surface area contributed by atoms with Crippen LogP contribution in [0, 0.1) is 0 Å². The van der Waals surface area contributed by atoms with Crippen molar-refractivity contribution in [3.8, 4) is 5.06 Å². The number of carbonyl (C=O) groups excluding carboxylic acids is 1. The molecule has 7 heteroatoms. The number of hydrogen-bond acceptors (Lipinski definition) is 5. The van der Waals surface area contributed by atoms with Gasteiger partial charge in [-0.1, -0.05) is 29.5 Å². The zero-order valence-electron chi connectivity index (χ0n) is 12.6. The number of likely N-dealkylation sites (N-methyl/N-ethyl adjacent to an activating group) is 1. The molecule has 0 bridgehead atoms. The average molecular weight is 318 g/mol. The molecule has 22 heavy (non-hydrogen) atoms. The number of urea groups is 1. The summed E-state index contributed by atoms with van der Waals surface area (Å²) in [5, 5.41) is 4.06. The Morgan fingerprint density at radius 1 is 1.36 bits per heavy atom. The van der Waals surface area contributed by atoms with E-state index >= 15 is 0 Å². The fourth-order valence-electron chi connectivity index (χ4n) is 2.45. The van der Waals surface area contributed by atoms with E-state index in [1.54, 1.807) is 18.2 Å². The quantitative estimate of drug-likeness (QED) is 0.925. The van der Waals surface area contributed by atoms with Gasteiger partial charge in [0.05, 0.1) is 13.3 Å². The van der Waals surface area contributed by atoms with Gasteiger partial charge in [-0.2, -0.15) is 0 Å². The molecule has 3 rings (SSSR count). The number of thiazole rings is 1. The molecule has 116 valence electrons. The van der Waals surface area contributed by atoms with Crippen LogP contribution in [0.25, 0.3) is 0 Å². The fraction of sp³-hybridized carbons (Fsp3) is 0.333. The van der Waals surface area contributed by atoms with E-state index < -0.39 is 0 Å². The van der Waals surface area contributed by atoms with E-state index in [2.05, 4.69) is 27.3 Å². The summed E-state index contributed by atoms with van der Waals surface area (Å²) in [4.78, 5) is 20.6. The van der Waals surface area contributed by atoms with Crippen molar-refractivity contribution in [1.29, 1.82) is 0 Å². The number of para-hydroxylation sites is 1. The average Bonchev–Trinajstić information content (AvgIpc) is 2.91. The third kappa shape index (κ3) is 2.99. The van der Waals surface area contributed by atoms with Crippen LogP contribution in [-0.4, -0.2) is 43.2 Å². The molecule has 0 spiro atoms.